The normalized spacial score (nSPS) is 10.8. The predicted octanol–water partition coefficient (Wildman–Crippen LogP) is 7.87. The van der Waals surface area contributed by atoms with Crippen molar-refractivity contribution in [1.29, 1.82) is 0 Å². The number of rotatable bonds is 14. The Labute approximate surface area is 242 Å². The number of nitrogens with one attached hydrogen (secondary N) is 1. The van der Waals surface area contributed by atoms with Crippen molar-refractivity contribution in [2.45, 2.75) is 50.8 Å². The topological polar surface area (TPSA) is 61.4 Å². The summed E-state index contributed by atoms with van der Waals surface area (Å²) in [6, 6.07) is 30.8. The van der Waals surface area contributed by atoms with Crippen LogP contribution in [0.15, 0.2) is 96.0 Å². The largest absolute Gasteiger partial charge is 0.371 e. The molecule has 0 fully saturated rings. The van der Waals surface area contributed by atoms with Crippen molar-refractivity contribution in [3.63, 3.8) is 0 Å². The van der Waals surface area contributed by atoms with Crippen molar-refractivity contribution >= 4 is 40.5 Å². The highest BCUT2D eigenvalue weighted by Crippen LogP contribution is 2.38. The third kappa shape index (κ3) is 8.09. The maximum absolute atomic E-state index is 13.5. The lowest BCUT2D eigenvalue weighted by Gasteiger charge is -2.27. The molecule has 1 aromatic heterocycles. The number of amides is 1. The molecular formula is C33H39N5OS. The fourth-order valence-electron chi connectivity index (χ4n) is 4.57. The monoisotopic (exact) mass is 553 g/mol. The fourth-order valence-corrected chi connectivity index (χ4v) is 5.55. The molecule has 7 heteroatoms. The number of carbonyl (C=O) groups is 1. The molecule has 1 amide bonds. The first kappa shape index (κ1) is 29.2. The van der Waals surface area contributed by atoms with E-state index in [1.165, 1.54) is 5.56 Å². The van der Waals surface area contributed by atoms with Crippen LogP contribution in [0.25, 0.3) is 0 Å². The van der Waals surface area contributed by atoms with Gasteiger partial charge in [0, 0.05) is 43.2 Å². The summed E-state index contributed by atoms with van der Waals surface area (Å²) in [6.07, 6.45) is 2.31. The number of aryl methyl sites for hydroxylation is 1. The summed E-state index contributed by atoms with van der Waals surface area (Å²) >= 11 is 1.63. The van der Waals surface area contributed by atoms with Crippen molar-refractivity contribution in [1.82, 2.24) is 9.97 Å². The van der Waals surface area contributed by atoms with E-state index >= 15 is 0 Å². The van der Waals surface area contributed by atoms with E-state index in [4.69, 9.17) is 9.97 Å². The summed E-state index contributed by atoms with van der Waals surface area (Å²) < 4.78 is 0. The van der Waals surface area contributed by atoms with E-state index in [1.54, 1.807) is 11.8 Å². The van der Waals surface area contributed by atoms with E-state index in [0.717, 1.165) is 53.9 Å². The van der Waals surface area contributed by atoms with Gasteiger partial charge >= 0.3 is 0 Å². The molecule has 0 aliphatic rings. The second kappa shape index (κ2) is 15.1. The van der Waals surface area contributed by atoms with Gasteiger partial charge in [0.25, 0.3) is 0 Å². The van der Waals surface area contributed by atoms with Crippen LogP contribution in [-0.4, -0.2) is 35.5 Å². The van der Waals surface area contributed by atoms with Crippen LogP contribution >= 0.6 is 11.8 Å². The second-order valence-electron chi connectivity index (χ2n) is 9.66. The number of aromatic nitrogens is 2. The van der Waals surface area contributed by atoms with Crippen LogP contribution in [0.4, 0.5) is 22.9 Å². The second-order valence-corrected chi connectivity index (χ2v) is 10.6. The summed E-state index contributed by atoms with van der Waals surface area (Å²) in [5.74, 6) is 2.12. The average molecular weight is 554 g/mol. The van der Waals surface area contributed by atoms with Crippen LogP contribution in [-0.2, 0) is 10.5 Å². The summed E-state index contributed by atoms with van der Waals surface area (Å²) in [7, 11) is 0. The van der Waals surface area contributed by atoms with Gasteiger partial charge in [-0.05, 0) is 49.6 Å². The molecule has 0 saturated carbocycles. The summed E-state index contributed by atoms with van der Waals surface area (Å²) in [5, 5.41) is 4.03. The number of para-hydroxylation sites is 2. The number of carbonyl (C=O) groups excluding carboxylic acids is 1. The lowest BCUT2D eigenvalue weighted by atomic mass is 10.2. The van der Waals surface area contributed by atoms with Crippen molar-refractivity contribution < 1.29 is 4.79 Å². The Kier molecular flexibility index (Phi) is 11.0. The number of benzene rings is 3. The van der Waals surface area contributed by atoms with Crippen molar-refractivity contribution in [3.05, 3.63) is 102 Å². The summed E-state index contributed by atoms with van der Waals surface area (Å²) in [6.45, 7) is 8.53. The Bertz CT molecular complexity index is 1340. The van der Waals surface area contributed by atoms with E-state index in [1.807, 2.05) is 61.5 Å². The molecule has 1 heterocycles. The number of hydrogen-bond donors (Lipinski definition) is 1. The minimum absolute atomic E-state index is 0.0446. The van der Waals surface area contributed by atoms with Crippen LogP contribution in [0.1, 0.15) is 44.5 Å². The SMILES string of the molecule is CCCN(CCC(=O)Nc1c(SCc2ccccc2)nc(C)nc1N(CCC)c1ccccc1)c1ccccc1. The quantitative estimate of drug-likeness (QED) is 0.127. The average Bonchev–Trinajstić information content (AvgIpc) is 2.99. The molecule has 208 valence electrons. The molecule has 1 N–H and O–H groups in total. The van der Waals surface area contributed by atoms with Crippen LogP contribution in [0.5, 0.6) is 0 Å². The first-order chi connectivity index (χ1) is 19.6. The Morgan fingerprint density at radius 3 is 2.00 bits per heavy atom. The van der Waals surface area contributed by atoms with Crippen LogP contribution in [0.2, 0.25) is 0 Å². The molecule has 0 atom stereocenters. The third-order valence-corrected chi connectivity index (χ3v) is 7.49. The minimum Gasteiger partial charge on any atom is -0.371 e. The molecule has 0 saturated heterocycles. The van der Waals surface area contributed by atoms with Crippen molar-refractivity contribution in [2.24, 2.45) is 0 Å². The van der Waals surface area contributed by atoms with E-state index < -0.39 is 0 Å². The molecule has 4 rings (SSSR count). The van der Waals surface area contributed by atoms with Gasteiger partial charge in [-0.15, -0.1) is 0 Å². The molecule has 0 spiro atoms. The Morgan fingerprint density at radius 2 is 1.38 bits per heavy atom. The highest BCUT2D eigenvalue weighted by molar-refractivity contribution is 7.98. The standard InChI is InChI=1S/C33H39N5OS/c1-4-22-37(28-17-11-7-12-18-28)24-21-30(39)36-31-32(38(23-5-2)29-19-13-8-14-20-29)34-26(3)35-33(31)40-25-27-15-9-6-10-16-27/h6-20H,4-5,21-25H2,1-3H3,(H,36,39). The van der Waals surface area contributed by atoms with Gasteiger partial charge in [0.15, 0.2) is 5.82 Å². The molecule has 3 aromatic carbocycles. The van der Waals surface area contributed by atoms with Gasteiger partial charge in [0.1, 0.15) is 16.5 Å². The van der Waals surface area contributed by atoms with Gasteiger partial charge in [0.05, 0.1) is 0 Å². The molecule has 0 aliphatic carbocycles. The summed E-state index contributed by atoms with van der Waals surface area (Å²) in [5.41, 5.74) is 4.05. The Balaban J connectivity index is 1.64. The molecule has 0 bridgehead atoms. The predicted molar refractivity (Wildman–Crippen MR) is 169 cm³/mol. The third-order valence-electron chi connectivity index (χ3n) is 6.45. The molecule has 0 aliphatic heterocycles. The molecule has 6 nitrogen and oxygen atoms in total. The number of thioether (sulfide) groups is 1. The maximum atomic E-state index is 13.5. The first-order valence-corrected chi connectivity index (χ1v) is 15.0. The highest BCUT2D eigenvalue weighted by Gasteiger charge is 2.22. The van der Waals surface area contributed by atoms with Gasteiger partial charge < -0.3 is 15.1 Å². The van der Waals surface area contributed by atoms with Gasteiger partial charge in [-0.2, -0.15) is 0 Å². The Morgan fingerprint density at radius 1 is 0.775 bits per heavy atom. The number of nitrogens with zero attached hydrogens (tertiary/aromatic N) is 4. The van der Waals surface area contributed by atoms with Crippen molar-refractivity contribution in [3.8, 4) is 0 Å². The van der Waals surface area contributed by atoms with Gasteiger partial charge in [-0.25, -0.2) is 9.97 Å². The van der Waals surface area contributed by atoms with E-state index in [0.29, 0.717) is 24.5 Å². The number of hydrogen-bond acceptors (Lipinski definition) is 6. The van der Waals surface area contributed by atoms with E-state index in [-0.39, 0.29) is 5.91 Å². The minimum atomic E-state index is -0.0446. The van der Waals surface area contributed by atoms with Gasteiger partial charge in [-0.3, -0.25) is 4.79 Å². The molecule has 0 radical (unpaired) electrons. The maximum Gasteiger partial charge on any atom is 0.226 e. The Hall–Kier alpha value is -3.84. The van der Waals surface area contributed by atoms with Crippen LogP contribution < -0.4 is 15.1 Å². The first-order valence-electron chi connectivity index (χ1n) is 14.1. The van der Waals surface area contributed by atoms with Crippen LogP contribution in [0, 0.1) is 6.92 Å². The molecule has 0 unspecified atom stereocenters. The lowest BCUT2D eigenvalue weighted by Crippen LogP contribution is -2.29. The zero-order chi connectivity index (χ0) is 28.2. The highest BCUT2D eigenvalue weighted by atomic mass is 32.2. The van der Waals surface area contributed by atoms with E-state index in [2.05, 4.69) is 65.4 Å². The zero-order valence-corrected chi connectivity index (χ0v) is 24.5. The molecule has 4 aromatic rings. The lowest BCUT2D eigenvalue weighted by molar-refractivity contribution is -0.116. The van der Waals surface area contributed by atoms with Gasteiger partial charge in [0.2, 0.25) is 5.91 Å². The fraction of sp³-hybridized carbons (Fsp3) is 0.303. The van der Waals surface area contributed by atoms with Gasteiger partial charge in [-0.1, -0.05) is 92.3 Å². The molecule has 40 heavy (non-hydrogen) atoms. The van der Waals surface area contributed by atoms with E-state index in [9.17, 15) is 4.79 Å². The van der Waals surface area contributed by atoms with Crippen LogP contribution in [0.3, 0.4) is 0 Å². The molecular weight excluding hydrogens is 514 g/mol. The van der Waals surface area contributed by atoms with Crippen molar-refractivity contribution in [2.75, 3.05) is 34.8 Å². The zero-order valence-electron chi connectivity index (χ0n) is 23.7. The smallest absolute Gasteiger partial charge is 0.226 e. The number of anilines is 4. The summed E-state index contributed by atoms with van der Waals surface area (Å²) in [4.78, 5) is 27.7.